The third-order valence-electron chi connectivity index (χ3n) is 5.92. The largest absolute Gasteiger partial charge is 0.295 e. The average molecular weight is 242 g/mol. The third kappa shape index (κ3) is 1.56. The third-order valence-corrected chi connectivity index (χ3v) is 5.92. The molecular formula is C17H22O. The molecule has 0 saturated heterocycles. The Morgan fingerprint density at radius 2 is 1.89 bits per heavy atom. The Labute approximate surface area is 109 Å². The van der Waals surface area contributed by atoms with E-state index in [-0.39, 0.29) is 0 Å². The summed E-state index contributed by atoms with van der Waals surface area (Å²) in [7, 11) is 0. The molecule has 18 heavy (non-hydrogen) atoms. The standard InChI is InChI=1S/C17H22O/c18-13-6-9-15-12(10-13)5-8-16-14-3-1-2-11(14)4-7-17(15)16/h10-11,14,16H,1-9H2. The fourth-order valence-electron chi connectivity index (χ4n) is 5.16. The summed E-state index contributed by atoms with van der Waals surface area (Å²) in [4.78, 5) is 11.6. The van der Waals surface area contributed by atoms with Crippen molar-refractivity contribution in [2.45, 2.75) is 57.8 Å². The van der Waals surface area contributed by atoms with Crippen LogP contribution in [0.3, 0.4) is 0 Å². The molecule has 2 saturated carbocycles. The van der Waals surface area contributed by atoms with Gasteiger partial charge in [0.2, 0.25) is 0 Å². The number of ketones is 1. The van der Waals surface area contributed by atoms with Gasteiger partial charge in [0.1, 0.15) is 0 Å². The zero-order chi connectivity index (χ0) is 12.1. The van der Waals surface area contributed by atoms with Crippen LogP contribution in [-0.2, 0) is 4.79 Å². The number of carbonyl (C=O) groups excluding carboxylic acids is 1. The molecule has 0 aliphatic heterocycles. The zero-order valence-corrected chi connectivity index (χ0v) is 11.1. The lowest BCUT2D eigenvalue weighted by Gasteiger charge is -2.42. The molecule has 96 valence electrons. The molecule has 0 heterocycles. The maximum Gasteiger partial charge on any atom is 0.156 e. The van der Waals surface area contributed by atoms with Crippen LogP contribution >= 0.6 is 0 Å². The highest BCUT2D eigenvalue weighted by Gasteiger charge is 2.41. The van der Waals surface area contributed by atoms with Gasteiger partial charge in [-0.15, -0.1) is 0 Å². The quantitative estimate of drug-likeness (QED) is 0.622. The molecule has 4 aliphatic rings. The maximum absolute atomic E-state index is 11.6. The monoisotopic (exact) mass is 242 g/mol. The molecule has 1 heteroatoms. The Bertz CT molecular complexity index is 454. The second-order valence-electron chi connectivity index (χ2n) is 6.68. The van der Waals surface area contributed by atoms with E-state index in [4.69, 9.17) is 0 Å². The molecule has 0 aromatic carbocycles. The van der Waals surface area contributed by atoms with Crippen LogP contribution in [0.4, 0.5) is 0 Å². The Balaban J connectivity index is 1.74. The number of carbonyl (C=O) groups is 1. The Hall–Kier alpha value is -0.850. The van der Waals surface area contributed by atoms with Gasteiger partial charge in [0.05, 0.1) is 0 Å². The summed E-state index contributed by atoms with van der Waals surface area (Å²) < 4.78 is 0. The molecule has 4 aliphatic carbocycles. The molecule has 3 unspecified atom stereocenters. The predicted octanol–water partition coefficient (Wildman–Crippen LogP) is 4.19. The molecule has 0 amide bonds. The lowest BCUT2D eigenvalue weighted by atomic mass is 9.63. The molecule has 0 spiro atoms. The second kappa shape index (κ2) is 4.08. The normalized spacial score (nSPS) is 39.0. The van der Waals surface area contributed by atoms with Crippen molar-refractivity contribution in [1.29, 1.82) is 0 Å². The minimum atomic E-state index is 0.363. The van der Waals surface area contributed by atoms with Crippen molar-refractivity contribution < 1.29 is 4.79 Å². The van der Waals surface area contributed by atoms with Gasteiger partial charge < -0.3 is 0 Å². The summed E-state index contributed by atoms with van der Waals surface area (Å²) in [6, 6.07) is 0. The summed E-state index contributed by atoms with van der Waals surface area (Å²) in [5.74, 6) is 3.30. The van der Waals surface area contributed by atoms with Crippen molar-refractivity contribution in [3.8, 4) is 0 Å². The fraction of sp³-hybridized carbons (Fsp3) is 0.706. The first-order valence-corrected chi connectivity index (χ1v) is 7.78. The smallest absolute Gasteiger partial charge is 0.156 e. The van der Waals surface area contributed by atoms with E-state index in [2.05, 4.69) is 0 Å². The first-order valence-electron chi connectivity index (χ1n) is 7.78. The van der Waals surface area contributed by atoms with E-state index in [1.165, 1.54) is 50.5 Å². The zero-order valence-electron chi connectivity index (χ0n) is 11.1. The van der Waals surface area contributed by atoms with E-state index in [9.17, 15) is 4.79 Å². The van der Waals surface area contributed by atoms with Crippen LogP contribution in [0.2, 0.25) is 0 Å². The van der Waals surface area contributed by atoms with E-state index < -0.39 is 0 Å². The van der Waals surface area contributed by atoms with Crippen LogP contribution in [-0.4, -0.2) is 5.78 Å². The maximum atomic E-state index is 11.6. The molecule has 0 N–H and O–H groups in total. The van der Waals surface area contributed by atoms with Gasteiger partial charge in [0.25, 0.3) is 0 Å². The Kier molecular flexibility index (Phi) is 2.50. The highest BCUT2D eigenvalue weighted by molar-refractivity contribution is 5.93. The summed E-state index contributed by atoms with van der Waals surface area (Å²) >= 11 is 0. The van der Waals surface area contributed by atoms with Gasteiger partial charge >= 0.3 is 0 Å². The number of hydrogen-bond donors (Lipinski definition) is 0. The van der Waals surface area contributed by atoms with Gasteiger partial charge in [-0.1, -0.05) is 18.4 Å². The molecule has 0 bridgehead atoms. The topological polar surface area (TPSA) is 17.1 Å². The Morgan fingerprint density at radius 1 is 0.944 bits per heavy atom. The number of allylic oxidation sites excluding steroid dienone is 4. The van der Waals surface area contributed by atoms with Crippen molar-refractivity contribution >= 4 is 5.78 Å². The van der Waals surface area contributed by atoms with E-state index >= 15 is 0 Å². The molecule has 3 atom stereocenters. The van der Waals surface area contributed by atoms with Gasteiger partial charge in [-0.2, -0.15) is 0 Å². The highest BCUT2D eigenvalue weighted by atomic mass is 16.1. The van der Waals surface area contributed by atoms with Gasteiger partial charge in [0, 0.05) is 6.42 Å². The fourth-order valence-corrected chi connectivity index (χ4v) is 5.16. The number of hydrogen-bond acceptors (Lipinski definition) is 1. The van der Waals surface area contributed by atoms with E-state index in [0.717, 1.165) is 30.6 Å². The summed E-state index contributed by atoms with van der Waals surface area (Å²) in [6.45, 7) is 0. The lowest BCUT2D eigenvalue weighted by molar-refractivity contribution is -0.114. The molecule has 1 nitrogen and oxygen atoms in total. The molecule has 0 radical (unpaired) electrons. The van der Waals surface area contributed by atoms with Gasteiger partial charge in [-0.3, -0.25) is 4.79 Å². The van der Waals surface area contributed by atoms with Crippen LogP contribution in [0.1, 0.15) is 57.8 Å². The SMILES string of the molecule is O=C1C=C2CCC3C(=C2CC1)CCC1CCCC13. The molecule has 2 fully saturated rings. The number of rotatable bonds is 0. The summed E-state index contributed by atoms with van der Waals surface area (Å²) in [5.41, 5.74) is 4.81. The first-order chi connectivity index (χ1) is 8.83. The van der Waals surface area contributed by atoms with Crippen LogP contribution < -0.4 is 0 Å². The molecule has 0 aromatic heterocycles. The molecule has 4 rings (SSSR count). The minimum Gasteiger partial charge on any atom is -0.295 e. The van der Waals surface area contributed by atoms with Crippen molar-refractivity contribution in [3.63, 3.8) is 0 Å². The first kappa shape index (κ1) is 11.0. The predicted molar refractivity (Wildman–Crippen MR) is 72.1 cm³/mol. The van der Waals surface area contributed by atoms with Crippen LogP contribution in [0, 0.1) is 17.8 Å². The number of fused-ring (bicyclic) bond motifs is 4. The second-order valence-corrected chi connectivity index (χ2v) is 6.68. The molecule has 0 aromatic rings. The molecular weight excluding hydrogens is 220 g/mol. The van der Waals surface area contributed by atoms with Crippen molar-refractivity contribution in [1.82, 2.24) is 0 Å². The lowest BCUT2D eigenvalue weighted by Crippen LogP contribution is -2.30. The summed E-state index contributed by atoms with van der Waals surface area (Å²) in [6.07, 6.45) is 13.5. The average Bonchev–Trinajstić information content (AvgIpc) is 2.86. The van der Waals surface area contributed by atoms with E-state index in [1.807, 2.05) is 6.08 Å². The minimum absolute atomic E-state index is 0.363. The van der Waals surface area contributed by atoms with Crippen LogP contribution in [0.25, 0.3) is 0 Å². The summed E-state index contributed by atoms with van der Waals surface area (Å²) in [5, 5.41) is 0. The van der Waals surface area contributed by atoms with Crippen LogP contribution in [0.15, 0.2) is 22.8 Å². The van der Waals surface area contributed by atoms with Crippen molar-refractivity contribution in [2.75, 3.05) is 0 Å². The van der Waals surface area contributed by atoms with E-state index in [1.54, 1.807) is 11.1 Å². The van der Waals surface area contributed by atoms with Gasteiger partial charge in [-0.25, -0.2) is 0 Å². The van der Waals surface area contributed by atoms with Gasteiger partial charge in [-0.05, 0) is 73.5 Å². The van der Waals surface area contributed by atoms with Crippen molar-refractivity contribution in [2.24, 2.45) is 17.8 Å². The Morgan fingerprint density at radius 3 is 2.83 bits per heavy atom. The van der Waals surface area contributed by atoms with Crippen molar-refractivity contribution in [3.05, 3.63) is 22.8 Å². The highest BCUT2D eigenvalue weighted by Crippen LogP contribution is 2.54. The van der Waals surface area contributed by atoms with Gasteiger partial charge in [0.15, 0.2) is 5.78 Å². The van der Waals surface area contributed by atoms with E-state index in [0.29, 0.717) is 5.78 Å². The van der Waals surface area contributed by atoms with Crippen LogP contribution in [0.5, 0.6) is 0 Å².